The van der Waals surface area contributed by atoms with Crippen molar-refractivity contribution < 1.29 is 9.66 Å². The number of methoxy groups -OCH3 is 1. The van der Waals surface area contributed by atoms with Crippen LogP contribution >= 0.6 is 0 Å². The molecule has 8 nitrogen and oxygen atoms in total. The molecule has 0 aliphatic rings. The van der Waals surface area contributed by atoms with Gasteiger partial charge in [0.15, 0.2) is 5.75 Å². The lowest BCUT2D eigenvalue weighted by Gasteiger charge is -2.06. The number of nitro groups is 1. The van der Waals surface area contributed by atoms with E-state index in [0.717, 1.165) is 17.8 Å². The van der Waals surface area contributed by atoms with Crippen molar-refractivity contribution in [2.75, 3.05) is 13.7 Å². The second-order valence-corrected chi connectivity index (χ2v) is 4.55. The van der Waals surface area contributed by atoms with Gasteiger partial charge in [0.2, 0.25) is 0 Å². The van der Waals surface area contributed by atoms with Crippen molar-refractivity contribution in [3.63, 3.8) is 0 Å². The molecule has 0 amide bonds. The smallest absolute Gasteiger partial charge is 0.311 e. The molecular weight excluding hydrogens is 274 g/mol. The zero-order valence-corrected chi connectivity index (χ0v) is 11.9. The van der Waals surface area contributed by atoms with Crippen LogP contribution in [0.25, 0.3) is 0 Å². The molecule has 2 aromatic rings. The van der Waals surface area contributed by atoms with Gasteiger partial charge in [0, 0.05) is 32.6 Å². The van der Waals surface area contributed by atoms with E-state index in [1.54, 1.807) is 18.5 Å². The number of aromatic nitrogens is 3. The Hall–Kier alpha value is -2.48. The molecule has 1 aromatic carbocycles. The highest BCUT2D eigenvalue weighted by Gasteiger charge is 2.14. The molecule has 0 saturated heterocycles. The van der Waals surface area contributed by atoms with E-state index >= 15 is 0 Å². The Morgan fingerprint density at radius 2 is 2.29 bits per heavy atom. The zero-order valence-electron chi connectivity index (χ0n) is 11.9. The van der Waals surface area contributed by atoms with Crippen molar-refractivity contribution in [1.82, 2.24) is 20.1 Å². The monoisotopic (exact) mass is 291 g/mol. The maximum atomic E-state index is 10.9. The quantitative estimate of drug-likeness (QED) is 0.465. The molecule has 1 heterocycles. The molecule has 21 heavy (non-hydrogen) atoms. The number of aryl methyl sites for hydroxylation is 1. The zero-order chi connectivity index (χ0) is 15.2. The lowest BCUT2D eigenvalue weighted by atomic mass is 10.2. The van der Waals surface area contributed by atoms with E-state index in [1.807, 2.05) is 11.6 Å². The molecule has 1 aromatic heterocycles. The number of rotatable bonds is 7. The number of ether oxygens (including phenoxy) is 1. The maximum absolute atomic E-state index is 10.9. The summed E-state index contributed by atoms with van der Waals surface area (Å²) in [6.07, 6.45) is 2.40. The van der Waals surface area contributed by atoms with Crippen molar-refractivity contribution in [1.29, 1.82) is 0 Å². The van der Waals surface area contributed by atoms with Gasteiger partial charge in [-0.3, -0.25) is 10.1 Å². The summed E-state index contributed by atoms with van der Waals surface area (Å²) in [6.45, 7) is 1.26. The number of hydrogen-bond donors (Lipinski definition) is 1. The van der Waals surface area contributed by atoms with Crippen molar-refractivity contribution >= 4 is 5.69 Å². The molecule has 0 fully saturated rings. The van der Waals surface area contributed by atoms with Crippen LogP contribution in [-0.2, 0) is 20.0 Å². The third-order valence-corrected chi connectivity index (χ3v) is 3.10. The Balaban J connectivity index is 1.90. The van der Waals surface area contributed by atoms with E-state index < -0.39 is 4.92 Å². The Bertz CT molecular complexity index is 626. The first-order valence-corrected chi connectivity index (χ1v) is 6.46. The molecule has 0 unspecified atom stereocenters. The number of benzene rings is 1. The fraction of sp³-hybridized carbons (Fsp3) is 0.385. The number of nitrogens with zero attached hydrogens (tertiary/aromatic N) is 4. The lowest BCUT2D eigenvalue weighted by Crippen LogP contribution is -2.18. The summed E-state index contributed by atoms with van der Waals surface area (Å²) in [6, 6.07) is 4.94. The first-order valence-electron chi connectivity index (χ1n) is 6.46. The van der Waals surface area contributed by atoms with Gasteiger partial charge in [-0.25, -0.2) is 0 Å². The molecule has 0 saturated carbocycles. The van der Waals surface area contributed by atoms with E-state index in [-0.39, 0.29) is 11.4 Å². The van der Waals surface area contributed by atoms with E-state index in [2.05, 4.69) is 15.5 Å². The average Bonchev–Trinajstić information content (AvgIpc) is 2.88. The van der Waals surface area contributed by atoms with Crippen molar-refractivity contribution in [2.24, 2.45) is 7.05 Å². The first kappa shape index (κ1) is 14.9. The van der Waals surface area contributed by atoms with Gasteiger partial charge in [-0.05, 0) is 11.6 Å². The fourth-order valence-electron chi connectivity index (χ4n) is 1.95. The molecule has 112 valence electrons. The molecule has 0 atom stereocenters. The van der Waals surface area contributed by atoms with Crippen molar-refractivity contribution in [3.8, 4) is 5.75 Å². The van der Waals surface area contributed by atoms with Gasteiger partial charge in [0.1, 0.15) is 12.2 Å². The normalized spacial score (nSPS) is 10.6. The second kappa shape index (κ2) is 6.80. The highest BCUT2D eigenvalue weighted by atomic mass is 16.6. The van der Waals surface area contributed by atoms with E-state index in [4.69, 9.17) is 4.74 Å². The highest BCUT2D eigenvalue weighted by Crippen LogP contribution is 2.27. The van der Waals surface area contributed by atoms with Crippen molar-refractivity contribution in [3.05, 3.63) is 46.0 Å². The minimum Gasteiger partial charge on any atom is -0.490 e. The van der Waals surface area contributed by atoms with Crippen LogP contribution in [0.4, 0.5) is 5.69 Å². The van der Waals surface area contributed by atoms with Crippen LogP contribution < -0.4 is 10.1 Å². The molecule has 8 heteroatoms. The van der Waals surface area contributed by atoms with Gasteiger partial charge in [0.25, 0.3) is 0 Å². The summed E-state index contributed by atoms with van der Waals surface area (Å²) in [5, 5.41) is 22.0. The maximum Gasteiger partial charge on any atom is 0.311 e. The minimum atomic E-state index is -0.443. The molecule has 0 spiro atoms. The Kier molecular flexibility index (Phi) is 4.83. The van der Waals surface area contributed by atoms with E-state index in [1.165, 1.54) is 13.2 Å². The summed E-state index contributed by atoms with van der Waals surface area (Å²) in [4.78, 5) is 10.5. The van der Waals surface area contributed by atoms with E-state index in [0.29, 0.717) is 13.1 Å². The molecule has 0 aliphatic carbocycles. The topological polar surface area (TPSA) is 95.1 Å². The summed E-state index contributed by atoms with van der Waals surface area (Å²) in [5.41, 5.74) is 0.811. The molecule has 0 aliphatic heterocycles. The third-order valence-electron chi connectivity index (χ3n) is 3.10. The van der Waals surface area contributed by atoms with Gasteiger partial charge in [-0.1, -0.05) is 6.07 Å². The lowest BCUT2D eigenvalue weighted by molar-refractivity contribution is -0.385. The highest BCUT2D eigenvalue weighted by molar-refractivity contribution is 5.48. The van der Waals surface area contributed by atoms with Gasteiger partial charge >= 0.3 is 5.69 Å². The van der Waals surface area contributed by atoms with Crippen LogP contribution in [0.5, 0.6) is 5.75 Å². The van der Waals surface area contributed by atoms with Crippen LogP contribution in [0.1, 0.15) is 11.4 Å². The largest absolute Gasteiger partial charge is 0.490 e. The summed E-state index contributed by atoms with van der Waals surface area (Å²) >= 11 is 0. The predicted octanol–water partition coefficient (Wildman–Crippen LogP) is 1.06. The average molecular weight is 291 g/mol. The van der Waals surface area contributed by atoms with Crippen LogP contribution in [0.2, 0.25) is 0 Å². The molecule has 0 bridgehead atoms. The van der Waals surface area contributed by atoms with Gasteiger partial charge in [-0.15, -0.1) is 10.2 Å². The molecular formula is C13H17N5O3. The Labute approximate surface area is 121 Å². The fourth-order valence-corrected chi connectivity index (χ4v) is 1.95. The van der Waals surface area contributed by atoms with Crippen LogP contribution in [0, 0.1) is 10.1 Å². The Morgan fingerprint density at radius 3 is 2.90 bits per heavy atom. The number of hydrogen-bond acceptors (Lipinski definition) is 6. The molecule has 1 N–H and O–H groups in total. The van der Waals surface area contributed by atoms with E-state index in [9.17, 15) is 10.1 Å². The van der Waals surface area contributed by atoms with Crippen LogP contribution in [0.15, 0.2) is 24.5 Å². The summed E-state index contributed by atoms with van der Waals surface area (Å²) in [5.74, 6) is 1.16. The van der Waals surface area contributed by atoms with Gasteiger partial charge in [0.05, 0.1) is 12.0 Å². The third kappa shape index (κ3) is 3.76. The number of nitro benzene ring substituents is 1. The minimum absolute atomic E-state index is 0.0231. The Morgan fingerprint density at radius 1 is 1.48 bits per heavy atom. The van der Waals surface area contributed by atoms with Gasteiger partial charge in [-0.2, -0.15) is 0 Å². The number of nitrogens with one attached hydrogen (secondary N) is 1. The molecule has 2 rings (SSSR count). The standard InChI is InChI=1S/C13H17N5O3/c1-17-9-15-16-13(17)5-6-14-8-10-3-4-12(21-2)11(7-10)18(19)20/h3-4,7,9,14H,5-6,8H2,1-2H3. The second-order valence-electron chi connectivity index (χ2n) is 4.55. The van der Waals surface area contributed by atoms with Gasteiger partial charge < -0.3 is 14.6 Å². The SMILES string of the molecule is COc1ccc(CNCCc2nncn2C)cc1[N+](=O)[O-]. The summed E-state index contributed by atoms with van der Waals surface area (Å²) < 4.78 is 6.83. The molecule has 0 radical (unpaired) electrons. The van der Waals surface area contributed by atoms with Crippen LogP contribution in [0.3, 0.4) is 0 Å². The summed E-state index contributed by atoms with van der Waals surface area (Å²) in [7, 11) is 3.31. The predicted molar refractivity (Wildman–Crippen MR) is 76.1 cm³/mol. The van der Waals surface area contributed by atoms with Crippen molar-refractivity contribution in [2.45, 2.75) is 13.0 Å². The van der Waals surface area contributed by atoms with Crippen LogP contribution in [-0.4, -0.2) is 33.3 Å². The first-order chi connectivity index (χ1) is 10.1.